The summed E-state index contributed by atoms with van der Waals surface area (Å²) in [5.74, 6) is 0.369. The number of rotatable bonds is 5. The van der Waals surface area contributed by atoms with Crippen LogP contribution in [-0.4, -0.2) is 18.2 Å². The molecule has 2 aromatic rings. The molecule has 1 aliphatic rings. The van der Waals surface area contributed by atoms with Gasteiger partial charge in [-0.3, -0.25) is 4.79 Å². The maximum absolute atomic E-state index is 12.4. The van der Waals surface area contributed by atoms with E-state index in [0.29, 0.717) is 6.04 Å². The lowest BCUT2D eigenvalue weighted by molar-refractivity contribution is -0.121. The summed E-state index contributed by atoms with van der Waals surface area (Å²) in [4.78, 5) is 16.0. The van der Waals surface area contributed by atoms with E-state index in [1.165, 1.54) is 16.8 Å². The predicted molar refractivity (Wildman–Crippen MR) is 120 cm³/mol. The Morgan fingerprint density at radius 2 is 2.07 bits per heavy atom. The zero-order valence-corrected chi connectivity index (χ0v) is 18.5. The molecule has 4 heteroatoms. The molecule has 0 radical (unpaired) electrons. The van der Waals surface area contributed by atoms with Crippen LogP contribution in [0.4, 0.5) is 5.69 Å². The summed E-state index contributed by atoms with van der Waals surface area (Å²) >= 11 is 1.78. The van der Waals surface area contributed by atoms with Gasteiger partial charge in [0.1, 0.15) is 0 Å². The van der Waals surface area contributed by atoms with Crippen molar-refractivity contribution < 1.29 is 6.17 Å². The van der Waals surface area contributed by atoms with E-state index in [0.717, 1.165) is 41.3 Å². The minimum absolute atomic E-state index is 0.237. The normalized spacial score (nSPS) is 15.8. The summed E-state index contributed by atoms with van der Waals surface area (Å²) in [5.41, 5.74) is 11.6. The van der Waals surface area contributed by atoms with Crippen LogP contribution in [0.15, 0.2) is 41.3 Å². The van der Waals surface area contributed by atoms with Gasteiger partial charge in [-0.05, 0) is 58.9 Å². The lowest BCUT2D eigenvalue weighted by atomic mass is 9.74. The summed E-state index contributed by atoms with van der Waals surface area (Å²) in [6.45, 7) is 12.3. The fourth-order valence-corrected chi connectivity index (χ4v) is 5.17. The number of thioether (sulfide) groups is 1. The molecule has 0 bridgehead atoms. The highest BCUT2D eigenvalue weighted by Gasteiger charge is 2.34. The van der Waals surface area contributed by atoms with E-state index >= 15 is 0 Å². The average Bonchev–Trinajstić information content (AvgIpc) is 2.62. The lowest BCUT2D eigenvalue weighted by Crippen LogP contribution is -2.33. The molecule has 0 saturated heterocycles. The molecule has 0 aliphatic carbocycles. The van der Waals surface area contributed by atoms with Gasteiger partial charge in [0.2, 0.25) is 5.91 Å². The second-order valence-electron chi connectivity index (χ2n) is 8.68. The Morgan fingerprint density at radius 1 is 1.32 bits per heavy atom. The largest absolute Gasteiger partial charge is 0.369 e. The minimum atomic E-state index is -0.317. The van der Waals surface area contributed by atoms with Gasteiger partial charge in [-0.15, -0.1) is 11.8 Å². The van der Waals surface area contributed by atoms with Crippen molar-refractivity contribution in [1.29, 1.82) is 0 Å². The molecular formula is C24H32N2OS. The minimum Gasteiger partial charge on any atom is -0.369 e. The molecule has 2 aromatic carbocycles. The fourth-order valence-electron chi connectivity index (χ4n) is 4.22. The van der Waals surface area contributed by atoms with Gasteiger partial charge in [-0.25, -0.2) is 0 Å². The Labute approximate surface area is 175 Å². The monoisotopic (exact) mass is 397 g/mol. The van der Waals surface area contributed by atoms with Gasteiger partial charge < -0.3 is 10.6 Å². The van der Waals surface area contributed by atoms with Gasteiger partial charge in [0.05, 0.1) is 7.29 Å². The standard InChI is InChI=1S/C24H32N2OS/c1-6-28-20-14-19(26-12-11-17-9-7-8-10-18(17)15-26)13-16(2)21(20)22(23(25)27)24(3,4)5/h7-10,13-14,22H,6,11-12,15H2,1-5H3,(H2,25,27)/i7D. The number of carbonyl (C=O) groups excluding carboxylic acids is 1. The van der Waals surface area contributed by atoms with Crippen LogP contribution >= 0.6 is 11.8 Å². The first-order valence-electron chi connectivity index (χ1n) is 10.5. The molecule has 150 valence electrons. The van der Waals surface area contributed by atoms with Crippen molar-refractivity contribution in [1.82, 2.24) is 0 Å². The Kier molecular flexibility index (Phi) is 5.68. The highest BCUT2D eigenvalue weighted by molar-refractivity contribution is 7.99. The zero-order valence-electron chi connectivity index (χ0n) is 18.6. The highest BCUT2D eigenvalue weighted by Crippen LogP contribution is 2.43. The van der Waals surface area contributed by atoms with Crippen molar-refractivity contribution in [3.63, 3.8) is 0 Å². The number of hydrogen-bond donors (Lipinski definition) is 1. The number of nitrogens with two attached hydrogens (primary N) is 1. The summed E-state index contributed by atoms with van der Waals surface area (Å²) in [7, 11) is 0. The molecule has 1 unspecified atom stereocenters. The zero-order chi connectivity index (χ0) is 21.3. The van der Waals surface area contributed by atoms with Crippen LogP contribution in [0.3, 0.4) is 0 Å². The molecule has 0 fully saturated rings. The van der Waals surface area contributed by atoms with E-state index in [2.05, 4.69) is 57.7 Å². The molecule has 0 spiro atoms. The first kappa shape index (κ1) is 19.4. The van der Waals surface area contributed by atoms with Crippen molar-refractivity contribution in [3.8, 4) is 0 Å². The van der Waals surface area contributed by atoms with E-state index in [9.17, 15) is 4.79 Å². The van der Waals surface area contributed by atoms with Crippen LogP contribution in [0.2, 0.25) is 0 Å². The number of aryl methyl sites for hydroxylation is 1. The molecule has 3 nitrogen and oxygen atoms in total. The van der Waals surface area contributed by atoms with Crippen molar-refractivity contribution >= 4 is 23.4 Å². The lowest BCUT2D eigenvalue weighted by Gasteiger charge is -2.34. The van der Waals surface area contributed by atoms with Gasteiger partial charge in [0.25, 0.3) is 0 Å². The molecule has 1 amide bonds. The van der Waals surface area contributed by atoms with E-state index in [4.69, 9.17) is 7.10 Å². The maximum Gasteiger partial charge on any atom is 0.225 e. The maximum atomic E-state index is 12.4. The van der Waals surface area contributed by atoms with E-state index < -0.39 is 0 Å². The second kappa shape index (κ2) is 8.20. The van der Waals surface area contributed by atoms with Crippen LogP contribution in [-0.2, 0) is 17.8 Å². The Morgan fingerprint density at radius 3 is 2.71 bits per heavy atom. The molecule has 0 saturated carbocycles. The van der Waals surface area contributed by atoms with Crippen LogP contribution in [0, 0.1) is 12.3 Å². The van der Waals surface area contributed by atoms with Gasteiger partial charge in [-0.2, -0.15) is 0 Å². The molecule has 1 aliphatic heterocycles. The number of benzene rings is 2. The number of primary amides is 1. The average molecular weight is 398 g/mol. The SMILES string of the molecule is [2H]c1ccc2c(c1)CCN(c1cc(C)c(C(C(N)=O)C(C)(C)C)c(SCC)c1)C2. The summed E-state index contributed by atoms with van der Waals surface area (Å²) in [5, 5.41) is 0. The molecule has 3 rings (SSSR count). The topological polar surface area (TPSA) is 46.3 Å². The summed E-state index contributed by atoms with van der Waals surface area (Å²) in [6.07, 6.45) is 0.949. The van der Waals surface area contributed by atoms with Crippen molar-refractivity contribution in [3.05, 3.63) is 58.6 Å². The van der Waals surface area contributed by atoms with E-state index in [-0.39, 0.29) is 17.2 Å². The Hall–Kier alpha value is -1.94. The summed E-state index contributed by atoms with van der Waals surface area (Å²) in [6, 6.07) is 11.0. The number of anilines is 1. The van der Waals surface area contributed by atoms with Crippen molar-refractivity contribution in [2.75, 3.05) is 17.2 Å². The predicted octanol–water partition coefficient (Wildman–Crippen LogP) is 5.28. The third-order valence-electron chi connectivity index (χ3n) is 5.50. The number of fused-ring (bicyclic) bond motifs is 1. The van der Waals surface area contributed by atoms with Crippen molar-refractivity contribution in [2.45, 2.75) is 58.4 Å². The summed E-state index contributed by atoms with van der Waals surface area (Å²) < 4.78 is 7.85. The fraction of sp³-hybridized carbons (Fsp3) is 0.458. The molecule has 1 atom stereocenters. The van der Waals surface area contributed by atoms with E-state index in [1.54, 1.807) is 11.8 Å². The van der Waals surface area contributed by atoms with Gasteiger partial charge >= 0.3 is 0 Å². The smallest absolute Gasteiger partial charge is 0.225 e. The molecule has 0 aromatic heterocycles. The molecule has 1 heterocycles. The highest BCUT2D eigenvalue weighted by atomic mass is 32.2. The number of amides is 1. The number of nitrogens with zero attached hydrogens (tertiary/aromatic N) is 1. The van der Waals surface area contributed by atoms with E-state index in [1.807, 2.05) is 12.1 Å². The molecular weight excluding hydrogens is 364 g/mol. The third kappa shape index (κ3) is 4.22. The Bertz CT molecular complexity index is 920. The molecule has 28 heavy (non-hydrogen) atoms. The van der Waals surface area contributed by atoms with Crippen LogP contribution in [0.5, 0.6) is 0 Å². The first-order chi connectivity index (χ1) is 13.6. The Balaban J connectivity index is 2.02. The van der Waals surface area contributed by atoms with Crippen LogP contribution in [0.25, 0.3) is 0 Å². The molecule has 2 N–H and O–H groups in total. The third-order valence-corrected chi connectivity index (χ3v) is 6.44. The van der Waals surface area contributed by atoms with Crippen LogP contribution < -0.4 is 10.6 Å². The second-order valence-corrected chi connectivity index (χ2v) is 9.98. The number of carbonyl (C=O) groups is 1. The quantitative estimate of drug-likeness (QED) is 0.698. The van der Waals surface area contributed by atoms with Gasteiger partial charge in [-0.1, -0.05) is 51.9 Å². The van der Waals surface area contributed by atoms with Gasteiger partial charge in [0, 0.05) is 23.7 Å². The number of hydrogen-bond acceptors (Lipinski definition) is 3. The van der Waals surface area contributed by atoms with Gasteiger partial charge in [0.15, 0.2) is 0 Å². The first-order valence-corrected chi connectivity index (χ1v) is 11.0. The van der Waals surface area contributed by atoms with Crippen LogP contribution in [0.1, 0.15) is 57.2 Å². The van der Waals surface area contributed by atoms with Crippen molar-refractivity contribution in [2.24, 2.45) is 11.1 Å².